The predicted molar refractivity (Wildman–Crippen MR) is 110 cm³/mol. The molecule has 29 heavy (non-hydrogen) atoms. The summed E-state index contributed by atoms with van der Waals surface area (Å²) in [4.78, 5) is 26.4. The first kappa shape index (κ1) is 20.3. The van der Waals surface area contributed by atoms with Crippen LogP contribution in [0.1, 0.15) is 12.5 Å². The van der Waals surface area contributed by atoms with E-state index in [0.29, 0.717) is 11.3 Å². The molecule has 0 aromatic heterocycles. The molecule has 0 spiro atoms. The van der Waals surface area contributed by atoms with Gasteiger partial charge in [-0.05, 0) is 24.4 Å². The SMILES string of the molecule is CNC(=O)C(C)N(Cc1ccccc1F)C(=O)COc1cccc2ccccc12. The zero-order valence-electron chi connectivity index (χ0n) is 16.4. The minimum atomic E-state index is -0.775. The summed E-state index contributed by atoms with van der Waals surface area (Å²) in [5, 5.41) is 4.42. The Bertz CT molecular complexity index is 1020. The molecule has 3 aromatic rings. The lowest BCUT2D eigenvalue weighted by molar-refractivity contribution is -0.142. The highest BCUT2D eigenvalue weighted by molar-refractivity contribution is 5.90. The van der Waals surface area contributed by atoms with Crippen LogP contribution >= 0.6 is 0 Å². The number of benzene rings is 3. The zero-order valence-corrected chi connectivity index (χ0v) is 16.4. The maximum absolute atomic E-state index is 14.1. The van der Waals surface area contributed by atoms with Crippen molar-refractivity contribution in [2.45, 2.75) is 19.5 Å². The highest BCUT2D eigenvalue weighted by atomic mass is 19.1. The van der Waals surface area contributed by atoms with Crippen LogP contribution in [-0.4, -0.2) is 36.4 Å². The number of amides is 2. The van der Waals surface area contributed by atoms with E-state index in [9.17, 15) is 14.0 Å². The molecule has 0 saturated heterocycles. The number of carbonyl (C=O) groups is 2. The summed E-state index contributed by atoms with van der Waals surface area (Å²) in [7, 11) is 1.50. The summed E-state index contributed by atoms with van der Waals surface area (Å²) in [5.41, 5.74) is 0.335. The van der Waals surface area contributed by atoms with E-state index in [2.05, 4.69) is 5.32 Å². The highest BCUT2D eigenvalue weighted by Gasteiger charge is 2.26. The van der Waals surface area contributed by atoms with Gasteiger partial charge in [-0.2, -0.15) is 0 Å². The normalized spacial score (nSPS) is 11.7. The fourth-order valence-corrected chi connectivity index (χ4v) is 3.15. The molecule has 0 heterocycles. The molecule has 0 aliphatic heterocycles. The van der Waals surface area contributed by atoms with Gasteiger partial charge in [-0.25, -0.2) is 4.39 Å². The summed E-state index contributed by atoms with van der Waals surface area (Å²) >= 11 is 0. The number of nitrogens with one attached hydrogen (secondary N) is 1. The van der Waals surface area contributed by atoms with Gasteiger partial charge in [0.25, 0.3) is 5.91 Å². The predicted octanol–water partition coefficient (Wildman–Crippen LogP) is 3.52. The largest absolute Gasteiger partial charge is 0.483 e. The van der Waals surface area contributed by atoms with Crippen molar-refractivity contribution in [1.29, 1.82) is 0 Å². The summed E-state index contributed by atoms with van der Waals surface area (Å²) in [6, 6.07) is 18.7. The van der Waals surface area contributed by atoms with Crippen molar-refractivity contribution in [2.24, 2.45) is 0 Å². The van der Waals surface area contributed by atoms with Gasteiger partial charge in [0.2, 0.25) is 5.91 Å². The smallest absolute Gasteiger partial charge is 0.261 e. The van der Waals surface area contributed by atoms with Gasteiger partial charge >= 0.3 is 0 Å². The van der Waals surface area contributed by atoms with Gasteiger partial charge in [-0.15, -0.1) is 0 Å². The molecule has 2 amide bonds. The average molecular weight is 394 g/mol. The van der Waals surface area contributed by atoms with Gasteiger partial charge in [0, 0.05) is 24.5 Å². The highest BCUT2D eigenvalue weighted by Crippen LogP contribution is 2.25. The molecule has 1 N–H and O–H groups in total. The van der Waals surface area contributed by atoms with E-state index in [1.165, 1.54) is 18.0 Å². The standard InChI is InChI=1S/C23H23FN2O3/c1-16(23(28)25-2)26(14-18-9-4-6-12-20(18)24)22(27)15-29-21-13-7-10-17-8-3-5-11-19(17)21/h3-13,16H,14-15H2,1-2H3,(H,25,28). The maximum Gasteiger partial charge on any atom is 0.261 e. The first-order valence-electron chi connectivity index (χ1n) is 9.36. The monoisotopic (exact) mass is 394 g/mol. The number of ether oxygens (including phenoxy) is 1. The Morgan fingerprint density at radius 1 is 1.03 bits per heavy atom. The van der Waals surface area contributed by atoms with Crippen molar-refractivity contribution < 1.29 is 18.7 Å². The van der Waals surface area contributed by atoms with Crippen molar-refractivity contribution in [3.05, 3.63) is 78.1 Å². The average Bonchev–Trinajstić information content (AvgIpc) is 2.75. The van der Waals surface area contributed by atoms with Gasteiger partial charge in [-0.3, -0.25) is 9.59 Å². The Kier molecular flexibility index (Phi) is 6.44. The number of hydrogen-bond acceptors (Lipinski definition) is 3. The molecule has 5 nitrogen and oxygen atoms in total. The number of halogens is 1. The second-order valence-corrected chi connectivity index (χ2v) is 6.67. The minimum Gasteiger partial charge on any atom is -0.483 e. The lowest BCUT2D eigenvalue weighted by Gasteiger charge is -2.28. The summed E-state index contributed by atoms with van der Waals surface area (Å²) < 4.78 is 19.9. The van der Waals surface area contributed by atoms with Gasteiger partial charge in [-0.1, -0.05) is 54.6 Å². The molecule has 1 unspecified atom stereocenters. The van der Waals surface area contributed by atoms with Crippen molar-refractivity contribution >= 4 is 22.6 Å². The third kappa shape index (κ3) is 4.71. The van der Waals surface area contributed by atoms with E-state index in [4.69, 9.17) is 4.74 Å². The molecular formula is C23H23FN2O3. The Balaban J connectivity index is 1.80. The van der Waals surface area contributed by atoms with E-state index in [1.807, 2.05) is 36.4 Å². The Labute approximate surface area is 169 Å². The molecule has 150 valence electrons. The van der Waals surface area contributed by atoms with Crippen LogP contribution in [0, 0.1) is 5.82 Å². The van der Waals surface area contributed by atoms with Crippen LogP contribution in [0.15, 0.2) is 66.7 Å². The molecule has 0 fully saturated rings. The fourth-order valence-electron chi connectivity index (χ4n) is 3.15. The van der Waals surface area contributed by atoms with E-state index >= 15 is 0 Å². The number of nitrogens with zero attached hydrogens (tertiary/aromatic N) is 1. The van der Waals surface area contributed by atoms with E-state index in [-0.39, 0.29) is 19.1 Å². The van der Waals surface area contributed by atoms with Crippen LogP contribution in [0.4, 0.5) is 4.39 Å². The van der Waals surface area contributed by atoms with Crippen LogP contribution in [0.2, 0.25) is 0 Å². The molecule has 0 aliphatic carbocycles. The van der Waals surface area contributed by atoms with E-state index in [1.54, 1.807) is 31.2 Å². The number of fused-ring (bicyclic) bond motifs is 1. The van der Waals surface area contributed by atoms with E-state index < -0.39 is 17.8 Å². The number of rotatable bonds is 7. The Morgan fingerprint density at radius 3 is 2.48 bits per heavy atom. The molecular weight excluding hydrogens is 371 g/mol. The molecule has 0 aliphatic rings. The lowest BCUT2D eigenvalue weighted by atomic mass is 10.1. The van der Waals surface area contributed by atoms with Gasteiger partial charge in [0.1, 0.15) is 17.6 Å². The summed E-state index contributed by atoms with van der Waals surface area (Å²) in [5.74, 6) is -0.587. The molecule has 1 atom stereocenters. The Morgan fingerprint density at radius 2 is 1.72 bits per heavy atom. The van der Waals surface area contributed by atoms with Crippen molar-refractivity contribution in [3.8, 4) is 5.75 Å². The molecule has 3 rings (SSSR count). The summed E-state index contributed by atoms with van der Waals surface area (Å²) in [6.45, 7) is 1.32. The second-order valence-electron chi connectivity index (χ2n) is 6.67. The van der Waals surface area contributed by atoms with Crippen LogP contribution in [0.3, 0.4) is 0 Å². The molecule has 3 aromatic carbocycles. The molecule has 0 bridgehead atoms. The van der Waals surface area contributed by atoms with Gasteiger partial charge < -0.3 is 15.0 Å². The van der Waals surface area contributed by atoms with Crippen molar-refractivity contribution in [2.75, 3.05) is 13.7 Å². The zero-order chi connectivity index (χ0) is 20.8. The van der Waals surface area contributed by atoms with Gasteiger partial charge in [0.05, 0.1) is 0 Å². The van der Waals surface area contributed by atoms with Gasteiger partial charge in [0.15, 0.2) is 6.61 Å². The number of carbonyl (C=O) groups excluding carboxylic acids is 2. The van der Waals surface area contributed by atoms with Crippen molar-refractivity contribution in [3.63, 3.8) is 0 Å². The fraction of sp³-hybridized carbons (Fsp3) is 0.217. The minimum absolute atomic E-state index is 0.0288. The summed E-state index contributed by atoms with van der Waals surface area (Å²) in [6.07, 6.45) is 0. The number of likely N-dealkylation sites (N-methyl/N-ethyl adjacent to an activating group) is 1. The molecule has 0 saturated carbocycles. The first-order valence-corrected chi connectivity index (χ1v) is 9.36. The molecule has 0 radical (unpaired) electrons. The maximum atomic E-state index is 14.1. The number of hydrogen-bond donors (Lipinski definition) is 1. The quantitative estimate of drug-likeness (QED) is 0.667. The first-order chi connectivity index (χ1) is 14.0. The molecule has 6 heteroatoms. The Hall–Kier alpha value is -3.41. The third-order valence-electron chi connectivity index (χ3n) is 4.81. The van der Waals surface area contributed by atoms with Crippen LogP contribution < -0.4 is 10.1 Å². The van der Waals surface area contributed by atoms with Crippen LogP contribution in [0.25, 0.3) is 10.8 Å². The lowest BCUT2D eigenvalue weighted by Crippen LogP contribution is -2.48. The third-order valence-corrected chi connectivity index (χ3v) is 4.81. The van der Waals surface area contributed by atoms with Crippen LogP contribution in [0.5, 0.6) is 5.75 Å². The van der Waals surface area contributed by atoms with E-state index in [0.717, 1.165) is 10.8 Å². The van der Waals surface area contributed by atoms with Crippen molar-refractivity contribution in [1.82, 2.24) is 10.2 Å². The van der Waals surface area contributed by atoms with Crippen LogP contribution in [-0.2, 0) is 16.1 Å². The second kappa shape index (κ2) is 9.19. The topological polar surface area (TPSA) is 58.6 Å².